The van der Waals surface area contributed by atoms with Crippen LogP contribution in [0.4, 0.5) is 0 Å². The van der Waals surface area contributed by atoms with E-state index in [1.165, 1.54) is 0 Å². The van der Waals surface area contributed by atoms with Gasteiger partial charge in [0.1, 0.15) is 5.75 Å². The molecule has 0 saturated carbocycles. The number of amides is 1. The number of pyridine rings is 1. The van der Waals surface area contributed by atoms with E-state index in [-0.39, 0.29) is 18.6 Å². The molecule has 0 N–H and O–H groups in total. The van der Waals surface area contributed by atoms with Crippen molar-refractivity contribution in [2.24, 2.45) is 0 Å². The van der Waals surface area contributed by atoms with Gasteiger partial charge in [-0.15, -0.1) is 0 Å². The maximum absolute atomic E-state index is 13.0. The summed E-state index contributed by atoms with van der Waals surface area (Å²) < 4.78 is 10.6. The molecule has 1 saturated heterocycles. The summed E-state index contributed by atoms with van der Waals surface area (Å²) in [6.07, 6.45) is 4.77. The van der Waals surface area contributed by atoms with Crippen LogP contribution in [0.5, 0.6) is 5.75 Å². The molecule has 2 aromatic heterocycles. The van der Waals surface area contributed by atoms with Gasteiger partial charge in [-0.3, -0.25) is 9.78 Å². The van der Waals surface area contributed by atoms with E-state index in [2.05, 4.69) is 26.1 Å². The van der Waals surface area contributed by atoms with Gasteiger partial charge in [-0.05, 0) is 49.2 Å². The lowest BCUT2D eigenvalue weighted by molar-refractivity contribution is 0.0643. The van der Waals surface area contributed by atoms with E-state index in [1.807, 2.05) is 30.3 Å². The Morgan fingerprint density at radius 1 is 1.19 bits per heavy atom. The third-order valence-electron chi connectivity index (χ3n) is 5.87. The summed E-state index contributed by atoms with van der Waals surface area (Å²) >= 11 is 0. The van der Waals surface area contributed by atoms with Crippen LogP contribution in [-0.2, 0) is 13.0 Å². The van der Waals surface area contributed by atoms with Crippen molar-refractivity contribution in [3.8, 4) is 5.75 Å². The van der Waals surface area contributed by atoms with Crippen LogP contribution in [-0.4, -0.2) is 63.6 Å². The zero-order valence-corrected chi connectivity index (χ0v) is 18.6. The molecule has 168 valence electrons. The van der Waals surface area contributed by atoms with Gasteiger partial charge < -0.3 is 19.1 Å². The second kappa shape index (κ2) is 10.4. The SMILES string of the molecule is Cc1nc(COc2ccc(C(=O)N(C)C3CCN(CCc4ccccn4)CC3)cc2)no1. The number of carbonyl (C=O) groups is 1. The first kappa shape index (κ1) is 22.0. The zero-order chi connectivity index (χ0) is 22.3. The first-order valence-corrected chi connectivity index (χ1v) is 11.0. The molecule has 0 radical (unpaired) electrons. The first-order valence-electron chi connectivity index (χ1n) is 11.0. The Hall–Kier alpha value is -3.26. The minimum absolute atomic E-state index is 0.0391. The minimum Gasteiger partial charge on any atom is -0.485 e. The smallest absolute Gasteiger partial charge is 0.253 e. The summed E-state index contributed by atoms with van der Waals surface area (Å²) in [4.78, 5) is 25.8. The van der Waals surface area contributed by atoms with E-state index in [0.29, 0.717) is 23.0 Å². The van der Waals surface area contributed by atoms with E-state index in [9.17, 15) is 4.79 Å². The molecule has 0 aliphatic carbocycles. The van der Waals surface area contributed by atoms with Crippen molar-refractivity contribution in [3.63, 3.8) is 0 Å². The molecule has 1 fully saturated rings. The number of aryl methyl sites for hydroxylation is 1. The lowest BCUT2D eigenvalue weighted by Gasteiger charge is -2.36. The Morgan fingerprint density at radius 2 is 1.97 bits per heavy atom. The molecule has 0 atom stereocenters. The Balaban J connectivity index is 1.23. The van der Waals surface area contributed by atoms with Crippen LogP contribution in [0.15, 0.2) is 53.2 Å². The lowest BCUT2D eigenvalue weighted by Crippen LogP contribution is -2.46. The molecule has 8 heteroatoms. The normalized spacial score (nSPS) is 14.9. The molecule has 4 rings (SSSR count). The van der Waals surface area contributed by atoms with Crippen LogP contribution in [0, 0.1) is 6.92 Å². The van der Waals surface area contributed by atoms with Crippen LogP contribution in [0.25, 0.3) is 0 Å². The molecular weight excluding hydrogens is 406 g/mol. The van der Waals surface area contributed by atoms with Crippen LogP contribution in [0.1, 0.15) is 40.6 Å². The zero-order valence-electron chi connectivity index (χ0n) is 18.6. The number of hydrogen-bond acceptors (Lipinski definition) is 7. The van der Waals surface area contributed by atoms with Crippen molar-refractivity contribution in [1.29, 1.82) is 0 Å². The number of rotatable bonds is 8. The van der Waals surface area contributed by atoms with Gasteiger partial charge in [-0.25, -0.2) is 0 Å². The van der Waals surface area contributed by atoms with E-state index < -0.39 is 0 Å². The highest BCUT2D eigenvalue weighted by Gasteiger charge is 2.26. The summed E-state index contributed by atoms with van der Waals surface area (Å²) in [6.45, 7) is 4.96. The van der Waals surface area contributed by atoms with E-state index in [0.717, 1.165) is 44.6 Å². The highest BCUT2D eigenvalue weighted by molar-refractivity contribution is 5.94. The van der Waals surface area contributed by atoms with Crippen molar-refractivity contribution in [2.45, 2.75) is 38.8 Å². The largest absolute Gasteiger partial charge is 0.485 e. The van der Waals surface area contributed by atoms with Crippen molar-refractivity contribution in [2.75, 3.05) is 26.7 Å². The summed E-state index contributed by atoms with van der Waals surface area (Å²) in [5, 5.41) is 3.81. The standard InChI is InChI=1S/C24H29N5O3/c1-18-26-23(27-32-18)17-31-22-8-6-19(7-9-22)24(30)28(2)21-11-15-29(16-12-21)14-10-20-5-3-4-13-25-20/h3-9,13,21H,10-12,14-17H2,1-2H3. The highest BCUT2D eigenvalue weighted by Crippen LogP contribution is 2.20. The summed E-state index contributed by atoms with van der Waals surface area (Å²) in [5.74, 6) is 1.70. The van der Waals surface area contributed by atoms with Gasteiger partial charge in [0.2, 0.25) is 11.7 Å². The lowest BCUT2D eigenvalue weighted by atomic mass is 10.0. The monoisotopic (exact) mass is 435 g/mol. The molecule has 3 aromatic rings. The predicted molar refractivity (Wildman–Crippen MR) is 119 cm³/mol. The molecule has 3 heterocycles. The van der Waals surface area contributed by atoms with Gasteiger partial charge in [0.15, 0.2) is 6.61 Å². The average Bonchev–Trinajstić information content (AvgIpc) is 3.27. The van der Waals surface area contributed by atoms with Crippen molar-refractivity contribution >= 4 is 5.91 Å². The number of likely N-dealkylation sites (tertiary alicyclic amines) is 1. The number of carbonyl (C=O) groups excluding carboxylic acids is 1. The molecule has 0 unspecified atom stereocenters. The third-order valence-corrected chi connectivity index (χ3v) is 5.87. The van der Waals surface area contributed by atoms with Gasteiger partial charge in [0.05, 0.1) is 0 Å². The van der Waals surface area contributed by atoms with Crippen LogP contribution >= 0.6 is 0 Å². The summed E-state index contributed by atoms with van der Waals surface area (Å²) in [7, 11) is 1.90. The highest BCUT2D eigenvalue weighted by atomic mass is 16.5. The fourth-order valence-electron chi connectivity index (χ4n) is 3.96. The van der Waals surface area contributed by atoms with Gasteiger partial charge in [0, 0.05) is 63.5 Å². The minimum atomic E-state index is 0.0391. The predicted octanol–water partition coefficient (Wildman–Crippen LogP) is 3.13. The van der Waals surface area contributed by atoms with Crippen LogP contribution in [0.3, 0.4) is 0 Å². The summed E-state index contributed by atoms with van der Waals surface area (Å²) in [5.41, 5.74) is 1.79. The number of aromatic nitrogens is 3. The molecule has 1 amide bonds. The van der Waals surface area contributed by atoms with Crippen LogP contribution < -0.4 is 4.74 Å². The van der Waals surface area contributed by atoms with Crippen LogP contribution in [0.2, 0.25) is 0 Å². The number of hydrogen-bond donors (Lipinski definition) is 0. The molecular formula is C24H29N5O3. The van der Waals surface area contributed by atoms with Gasteiger partial charge in [-0.2, -0.15) is 4.98 Å². The van der Waals surface area contributed by atoms with Gasteiger partial charge >= 0.3 is 0 Å². The Labute approximate surface area is 188 Å². The number of benzene rings is 1. The fraction of sp³-hybridized carbons (Fsp3) is 0.417. The maximum Gasteiger partial charge on any atom is 0.253 e. The maximum atomic E-state index is 13.0. The van der Waals surface area contributed by atoms with Crippen molar-refractivity contribution in [1.82, 2.24) is 24.9 Å². The summed E-state index contributed by atoms with van der Waals surface area (Å²) in [6, 6.07) is 13.5. The van der Waals surface area contributed by atoms with E-state index in [1.54, 1.807) is 31.2 Å². The average molecular weight is 436 g/mol. The number of ether oxygens (including phenoxy) is 1. The molecule has 1 aliphatic rings. The second-order valence-electron chi connectivity index (χ2n) is 8.10. The molecule has 0 bridgehead atoms. The number of nitrogens with zero attached hydrogens (tertiary/aromatic N) is 5. The molecule has 1 aromatic carbocycles. The fourth-order valence-corrected chi connectivity index (χ4v) is 3.96. The van der Waals surface area contributed by atoms with E-state index >= 15 is 0 Å². The van der Waals surface area contributed by atoms with Gasteiger partial charge in [-0.1, -0.05) is 11.2 Å². The van der Waals surface area contributed by atoms with Gasteiger partial charge in [0.25, 0.3) is 5.91 Å². The number of piperidine rings is 1. The molecule has 8 nitrogen and oxygen atoms in total. The Kier molecular flexibility index (Phi) is 7.11. The van der Waals surface area contributed by atoms with Crippen molar-refractivity contribution < 1.29 is 14.1 Å². The first-order chi connectivity index (χ1) is 15.6. The molecule has 1 aliphatic heterocycles. The third kappa shape index (κ3) is 5.70. The quantitative estimate of drug-likeness (QED) is 0.537. The molecule has 0 spiro atoms. The molecule has 32 heavy (non-hydrogen) atoms. The Bertz CT molecular complexity index is 998. The Morgan fingerprint density at radius 3 is 2.62 bits per heavy atom. The van der Waals surface area contributed by atoms with E-state index in [4.69, 9.17) is 9.26 Å². The van der Waals surface area contributed by atoms with Crippen molar-refractivity contribution in [3.05, 3.63) is 71.6 Å². The second-order valence-corrected chi connectivity index (χ2v) is 8.10. The topological polar surface area (TPSA) is 84.6 Å².